The molecule has 2 rings (SSSR count). The Morgan fingerprint density at radius 2 is 2.18 bits per heavy atom. The highest BCUT2D eigenvalue weighted by atomic mass is 32.1. The van der Waals surface area contributed by atoms with Crippen molar-refractivity contribution in [1.82, 2.24) is 14.9 Å². The molecule has 0 aliphatic carbocycles. The van der Waals surface area contributed by atoms with Crippen LogP contribution in [0, 0.1) is 0 Å². The SMILES string of the molecule is CN(Cc1ccnc(CN)c1)Cc1cscn1. The van der Waals surface area contributed by atoms with E-state index in [-0.39, 0.29) is 0 Å². The molecular weight excluding hydrogens is 232 g/mol. The number of rotatable bonds is 5. The minimum Gasteiger partial charge on any atom is -0.325 e. The number of hydrogen-bond donors (Lipinski definition) is 1. The van der Waals surface area contributed by atoms with Gasteiger partial charge in [0.05, 0.1) is 16.9 Å². The van der Waals surface area contributed by atoms with Crippen LogP contribution in [0.5, 0.6) is 0 Å². The molecule has 0 saturated heterocycles. The number of nitrogens with two attached hydrogens (primary N) is 1. The number of aromatic nitrogens is 2. The first-order valence-corrected chi connectivity index (χ1v) is 6.41. The lowest BCUT2D eigenvalue weighted by molar-refractivity contribution is 0.315. The Morgan fingerprint density at radius 1 is 1.29 bits per heavy atom. The third-order valence-electron chi connectivity index (χ3n) is 2.46. The first kappa shape index (κ1) is 12.2. The van der Waals surface area contributed by atoms with E-state index in [4.69, 9.17) is 5.73 Å². The van der Waals surface area contributed by atoms with E-state index >= 15 is 0 Å². The molecule has 4 nitrogen and oxygen atoms in total. The number of nitrogens with zero attached hydrogens (tertiary/aromatic N) is 3. The third kappa shape index (κ3) is 3.59. The summed E-state index contributed by atoms with van der Waals surface area (Å²) in [6.07, 6.45) is 1.81. The van der Waals surface area contributed by atoms with Crippen LogP contribution in [0.25, 0.3) is 0 Å². The van der Waals surface area contributed by atoms with Crippen LogP contribution in [-0.2, 0) is 19.6 Å². The Labute approximate surface area is 105 Å². The average Bonchev–Trinajstić information content (AvgIpc) is 2.82. The summed E-state index contributed by atoms with van der Waals surface area (Å²) in [6, 6.07) is 4.08. The summed E-state index contributed by atoms with van der Waals surface area (Å²) in [7, 11) is 2.09. The van der Waals surface area contributed by atoms with Gasteiger partial charge in [-0.25, -0.2) is 4.98 Å². The maximum absolute atomic E-state index is 5.57. The molecule has 0 atom stereocenters. The van der Waals surface area contributed by atoms with Crippen molar-refractivity contribution in [2.24, 2.45) is 5.73 Å². The zero-order valence-corrected chi connectivity index (χ0v) is 10.7. The molecule has 0 aromatic carbocycles. The normalized spacial score (nSPS) is 11.0. The molecule has 0 spiro atoms. The van der Waals surface area contributed by atoms with Crippen molar-refractivity contribution in [2.75, 3.05) is 7.05 Å². The summed E-state index contributed by atoms with van der Waals surface area (Å²) < 4.78 is 0. The highest BCUT2D eigenvalue weighted by Crippen LogP contribution is 2.09. The van der Waals surface area contributed by atoms with Gasteiger partial charge in [0.2, 0.25) is 0 Å². The number of thiazole rings is 1. The second-order valence-electron chi connectivity index (χ2n) is 4.01. The van der Waals surface area contributed by atoms with Gasteiger partial charge in [-0.15, -0.1) is 11.3 Å². The standard InChI is InChI=1S/C12H16N4S/c1-16(7-12-8-17-9-15-12)6-10-2-3-14-11(4-10)5-13/h2-4,8-9H,5-7,13H2,1H3. The Balaban J connectivity index is 1.95. The summed E-state index contributed by atoms with van der Waals surface area (Å²) in [5.74, 6) is 0. The lowest BCUT2D eigenvalue weighted by Crippen LogP contribution is -2.17. The summed E-state index contributed by atoms with van der Waals surface area (Å²) in [5, 5.41) is 2.08. The van der Waals surface area contributed by atoms with Gasteiger partial charge >= 0.3 is 0 Å². The van der Waals surface area contributed by atoms with Gasteiger partial charge < -0.3 is 5.73 Å². The summed E-state index contributed by atoms with van der Waals surface area (Å²) in [4.78, 5) is 10.7. The summed E-state index contributed by atoms with van der Waals surface area (Å²) in [6.45, 7) is 2.24. The van der Waals surface area contributed by atoms with Crippen LogP contribution in [-0.4, -0.2) is 21.9 Å². The fourth-order valence-corrected chi connectivity index (χ4v) is 2.25. The lowest BCUT2D eigenvalue weighted by Gasteiger charge is -2.15. The van der Waals surface area contributed by atoms with Gasteiger partial charge in [-0.05, 0) is 24.7 Å². The molecule has 0 bridgehead atoms. The van der Waals surface area contributed by atoms with E-state index in [1.807, 2.05) is 17.8 Å². The van der Waals surface area contributed by atoms with Crippen LogP contribution in [0.15, 0.2) is 29.2 Å². The molecule has 5 heteroatoms. The van der Waals surface area contributed by atoms with Gasteiger partial charge in [-0.1, -0.05) is 0 Å². The molecule has 2 heterocycles. The first-order chi connectivity index (χ1) is 8.28. The quantitative estimate of drug-likeness (QED) is 0.873. The molecule has 0 radical (unpaired) electrons. The molecule has 2 N–H and O–H groups in total. The van der Waals surface area contributed by atoms with Gasteiger partial charge in [0.15, 0.2) is 0 Å². The van der Waals surface area contributed by atoms with Gasteiger partial charge in [0.25, 0.3) is 0 Å². The van der Waals surface area contributed by atoms with E-state index in [9.17, 15) is 0 Å². The molecule has 0 fully saturated rings. The molecule has 17 heavy (non-hydrogen) atoms. The smallest absolute Gasteiger partial charge is 0.0795 e. The van der Waals surface area contributed by atoms with E-state index < -0.39 is 0 Å². The molecule has 0 unspecified atom stereocenters. The largest absolute Gasteiger partial charge is 0.325 e. The van der Waals surface area contributed by atoms with Crippen molar-refractivity contribution in [3.63, 3.8) is 0 Å². The molecule has 0 amide bonds. The van der Waals surface area contributed by atoms with Crippen LogP contribution in [0.2, 0.25) is 0 Å². The molecule has 90 valence electrons. The van der Waals surface area contributed by atoms with Crippen molar-refractivity contribution in [1.29, 1.82) is 0 Å². The lowest BCUT2D eigenvalue weighted by atomic mass is 10.2. The molecule has 0 saturated carbocycles. The van der Waals surface area contributed by atoms with Gasteiger partial charge in [0, 0.05) is 31.2 Å². The van der Waals surface area contributed by atoms with Gasteiger partial charge in [-0.3, -0.25) is 9.88 Å². The highest BCUT2D eigenvalue weighted by molar-refractivity contribution is 7.07. The average molecular weight is 248 g/mol. The van der Waals surface area contributed by atoms with Crippen LogP contribution < -0.4 is 5.73 Å². The van der Waals surface area contributed by atoms with E-state index in [0.29, 0.717) is 6.54 Å². The second-order valence-corrected chi connectivity index (χ2v) is 4.73. The Hall–Kier alpha value is -1.30. The summed E-state index contributed by atoms with van der Waals surface area (Å²) in [5.41, 5.74) is 10.7. The molecule has 0 aliphatic rings. The molecule has 0 aliphatic heterocycles. The zero-order valence-electron chi connectivity index (χ0n) is 9.84. The monoisotopic (exact) mass is 248 g/mol. The number of pyridine rings is 1. The Morgan fingerprint density at radius 3 is 2.88 bits per heavy atom. The molecular formula is C12H16N4S. The van der Waals surface area contributed by atoms with Gasteiger partial charge in [-0.2, -0.15) is 0 Å². The van der Waals surface area contributed by atoms with E-state index in [1.54, 1.807) is 11.3 Å². The van der Waals surface area contributed by atoms with Crippen LogP contribution >= 0.6 is 11.3 Å². The highest BCUT2D eigenvalue weighted by Gasteiger charge is 2.04. The fourth-order valence-electron chi connectivity index (χ4n) is 1.70. The minimum absolute atomic E-state index is 0.490. The first-order valence-electron chi connectivity index (χ1n) is 5.47. The van der Waals surface area contributed by atoms with Crippen molar-refractivity contribution >= 4 is 11.3 Å². The zero-order chi connectivity index (χ0) is 12.1. The Kier molecular flexibility index (Phi) is 4.19. The van der Waals surface area contributed by atoms with Crippen LogP contribution in [0.3, 0.4) is 0 Å². The van der Waals surface area contributed by atoms with E-state index in [2.05, 4.69) is 33.4 Å². The van der Waals surface area contributed by atoms with Crippen molar-refractivity contribution in [3.8, 4) is 0 Å². The maximum Gasteiger partial charge on any atom is 0.0795 e. The van der Waals surface area contributed by atoms with Crippen molar-refractivity contribution in [3.05, 3.63) is 46.2 Å². The van der Waals surface area contributed by atoms with E-state index in [0.717, 1.165) is 24.5 Å². The predicted octanol–water partition coefficient (Wildman–Crippen LogP) is 1.63. The van der Waals surface area contributed by atoms with E-state index in [1.165, 1.54) is 5.56 Å². The van der Waals surface area contributed by atoms with Crippen LogP contribution in [0.1, 0.15) is 17.0 Å². The van der Waals surface area contributed by atoms with Gasteiger partial charge in [0.1, 0.15) is 0 Å². The summed E-state index contributed by atoms with van der Waals surface area (Å²) >= 11 is 1.63. The molecule has 2 aromatic heterocycles. The van der Waals surface area contributed by atoms with Crippen molar-refractivity contribution in [2.45, 2.75) is 19.6 Å². The van der Waals surface area contributed by atoms with Crippen molar-refractivity contribution < 1.29 is 0 Å². The second kappa shape index (κ2) is 5.86. The number of hydrogen-bond acceptors (Lipinski definition) is 5. The third-order valence-corrected chi connectivity index (χ3v) is 3.09. The Bertz CT molecular complexity index is 455. The predicted molar refractivity (Wildman–Crippen MR) is 69.4 cm³/mol. The fraction of sp³-hybridized carbons (Fsp3) is 0.333. The molecule has 2 aromatic rings. The van der Waals surface area contributed by atoms with Crippen LogP contribution in [0.4, 0.5) is 0 Å². The minimum atomic E-state index is 0.490. The topological polar surface area (TPSA) is 55.0 Å². The maximum atomic E-state index is 5.57.